The highest BCUT2D eigenvalue weighted by atomic mass is 19.3. The van der Waals surface area contributed by atoms with Crippen molar-refractivity contribution >= 4 is 6.09 Å². The molecule has 0 radical (unpaired) electrons. The van der Waals surface area contributed by atoms with Gasteiger partial charge in [0.15, 0.2) is 18.1 Å². The van der Waals surface area contributed by atoms with E-state index in [0.717, 1.165) is 0 Å². The van der Waals surface area contributed by atoms with E-state index in [1.165, 1.54) is 25.3 Å². The molecule has 98 valence electrons. The topological polar surface area (TPSA) is 67.8 Å². The van der Waals surface area contributed by atoms with Gasteiger partial charge in [0.2, 0.25) is 0 Å². The number of amides is 1. The van der Waals surface area contributed by atoms with E-state index < -0.39 is 24.7 Å². The second-order valence-corrected chi connectivity index (χ2v) is 3.85. The first-order valence-corrected chi connectivity index (χ1v) is 5.12. The van der Waals surface area contributed by atoms with Gasteiger partial charge in [-0.25, -0.2) is 13.6 Å². The van der Waals surface area contributed by atoms with E-state index in [0.29, 0.717) is 0 Å². The number of phenolic OH excluding ortho intramolecular Hbond substituents is 1. The van der Waals surface area contributed by atoms with Gasteiger partial charge in [0.05, 0.1) is 7.11 Å². The monoisotopic (exact) mass is 259 g/mol. The van der Waals surface area contributed by atoms with E-state index in [9.17, 15) is 18.7 Å². The van der Waals surface area contributed by atoms with Gasteiger partial charge in [0.1, 0.15) is 6.04 Å². The first-order valence-electron chi connectivity index (χ1n) is 5.12. The zero-order valence-electron chi connectivity index (χ0n) is 9.44. The largest absolute Gasteiger partial charge is 0.504 e. The fourth-order valence-corrected chi connectivity index (χ4v) is 1.71. The summed E-state index contributed by atoms with van der Waals surface area (Å²) in [5.74, 6) is -3.33. The number of alkyl carbamates (subject to hydrolysis) is 1. The van der Waals surface area contributed by atoms with E-state index in [-0.39, 0.29) is 17.1 Å². The average Bonchev–Trinajstić information content (AvgIpc) is 2.33. The van der Waals surface area contributed by atoms with Crippen LogP contribution in [0.1, 0.15) is 11.6 Å². The Hall–Kier alpha value is -2.05. The highest BCUT2D eigenvalue weighted by Crippen LogP contribution is 2.37. The second kappa shape index (κ2) is 4.32. The molecule has 0 bridgehead atoms. The van der Waals surface area contributed by atoms with Crippen molar-refractivity contribution in [2.75, 3.05) is 13.7 Å². The average molecular weight is 259 g/mol. The van der Waals surface area contributed by atoms with Crippen LogP contribution in [0.3, 0.4) is 0 Å². The number of ether oxygens (including phenoxy) is 2. The number of benzene rings is 1. The lowest BCUT2D eigenvalue weighted by molar-refractivity contribution is -0.104. The number of nitrogens with one attached hydrogen (secondary N) is 1. The van der Waals surface area contributed by atoms with Crippen LogP contribution in [0.15, 0.2) is 18.2 Å². The van der Waals surface area contributed by atoms with E-state index in [4.69, 9.17) is 4.74 Å². The summed E-state index contributed by atoms with van der Waals surface area (Å²) in [5.41, 5.74) is 0.131. The predicted octanol–water partition coefficient (Wildman–Crippen LogP) is 1.82. The third-order valence-electron chi connectivity index (χ3n) is 2.62. The fourth-order valence-electron chi connectivity index (χ4n) is 1.71. The number of methoxy groups -OCH3 is 1. The standard InChI is InChI=1S/C11H11F2NO4/c1-17-8-4-6(2-3-7(8)15)9-11(12,13)5-18-10(16)14-9/h2-4,9,15H,5H2,1H3,(H,14,16)/t9-/m0/s1. The SMILES string of the molecule is COc1cc([C@@H]2NC(=O)OCC2(F)F)ccc1O. The number of carbonyl (C=O) groups excluding carboxylic acids is 1. The Balaban J connectivity index is 2.37. The molecule has 0 saturated carbocycles. The molecule has 1 fully saturated rings. The summed E-state index contributed by atoms with van der Waals surface area (Å²) in [4.78, 5) is 11.0. The van der Waals surface area contributed by atoms with Crippen LogP contribution in [-0.2, 0) is 4.74 Å². The molecule has 1 saturated heterocycles. The quantitative estimate of drug-likeness (QED) is 0.850. The van der Waals surface area contributed by atoms with E-state index in [1.54, 1.807) is 0 Å². The van der Waals surface area contributed by atoms with Gasteiger partial charge in [-0.05, 0) is 17.7 Å². The van der Waals surface area contributed by atoms with Crippen molar-refractivity contribution in [3.05, 3.63) is 23.8 Å². The maximum atomic E-state index is 13.6. The maximum absolute atomic E-state index is 13.6. The highest BCUT2D eigenvalue weighted by Gasteiger charge is 2.46. The molecule has 1 aromatic carbocycles. The molecule has 0 unspecified atom stereocenters. The summed E-state index contributed by atoms with van der Waals surface area (Å²) in [6, 6.07) is 2.26. The summed E-state index contributed by atoms with van der Waals surface area (Å²) in [5, 5.41) is 11.4. The lowest BCUT2D eigenvalue weighted by Crippen LogP contribution is -2.49. The molecule has 1 heterocycles. The van der Waals surface area contributed by atoms with Gasteiger partial charge >= 0.3 is 12.0 Å². The van der Waals surface area contributed by atoms with Crippen LogP contribution >= 0.6 is 0 Å². The molecule has 2 N–H and O–H groups in total. The Bertz CT molecular complexity index is 478. The van der Waals surface area contributed by atoms with Crippen LogP contribution < -0.4 is 10.1 Å². The minimum absolute atomic E-state index is 0.0593. The molecule has 1 aliphatic rings. The van der Waals surface area contributed by atoms with Crippen LogP contribution in [0.2, 0.25) is 0 Å². The molecule has 0 aromatic heterocycles. The molecule has 1 amide bonds. The number of rotatable bonds is 2. The fraction of sp³-hybridized carbons (Fsp3) is 0.364. The van der Waals surface area contributed by atoms with Gasteiger partial charge < -0.3 is 19.9 Å². The Labute approximate surface area is 101 Å². The van der Waals surface area contributed by atoms with Gasteiger partial charge in [-0.2, -0.15) is 0 Å². The number of alkyl halides is 2. The first kappa shape index (κ1) is 12.4. The van der Waals surface area contributed by atoms with Gasteiger partial charge in [-0.1, -0.05) is 6.07 Å². The van der Waals surface area contributed by atoms with E-state index in [1.807, 2.05) is 5.32 Å². The van der Waals surface area contributed by atoms with Crippen LogP contribution in [0.4, 0.5) is 13.6 Å². The normalized spacial score (nSPS) is 21.9. The minimum Gasteiger partial charge on any atom is -0.504 e. The predicted molar refractivity (Wildman–Crippen MR) is 56.8 cm³/mol. The van der Waals surface area contributed by atoms with Crippen molar-refractivity contribution in [1.29, 1.82) is 0 Å². The van der Waals surface area contributed by atoms with Crippen molar-refractivity contribution in [3.8, 4) is 11.5 Å². The summed E-state index contributed by atoms with van der Waals surface area (Å²) in [6.45, 7) is -0.979. The van der Waals surface area contributed by atoms with Gasteiger partial charge in [-0.3, -0.25) is 0 Å². The van der Waals surface area contributed by atoms with Crippen LogP contribution in [0.25, 0.3) is 0 Å². The number of hydrogen-bond donors (Lipinski definition) is 2. The second-order valence-electron chi connectivity index (χ2n) is 3.85. The number of halogens is 2. The Kier molecular flexibility index (Phi) is 2.98. The number of carbonyl (C=O) groups is 1. The van der Waals surface area contributed by atoms with E-state index in [2.05, 4.69) is 4.74 Å². The van der Waals surface area contributed by atoms with Gasteiger partial charge in [0.25, 0.3) is 0 Å². The van der Waals surface area contributed by atoms with Crippen molar-refractivity contribution in [2.24, 2.45) is 0 Å². The van der Waals surface area contributed by atoms with Crippen LogP contribution in [0.5, 0.6) is 11.5 Å². The molecule has 1 aliphatic heterocycles. The lowest BCUT2D eigenvalue weighted by atomic mass is 9.99. The van der Waals surface area contributed by atoms with Gasteiger partial charge in [0, 0.05) is 0 Å². The zero-order valence-corrected chi connectivity index (χ0v) is 9.44. The number of cyclic esters (lactones) is 1. The lowest BCUT2D eigenvalue weighted by Gasteiger charge is -2.31. The molecule has 0 spiro atoms. The summed E-state index contributed by atoms with van der Waals surface area (Å²) >= 11 is 0. The summed E-state index contributed by atoms with van der Waals surface area (Å²) in [7, 11) is 1.31. The smallest absolute Gasteiger partial charge is 0.408 e. The molecule has 18 heavy (non-hydrogen) atoms. The number of phenols is 1. The molecular weight excluding hydrogens is 248 g/mol. The van der Waals surface area contributed by atoms with Crippen molar-refractivity contribution in [1.82, 2.24) is 5.32 Å². The molecule has 1 aromatic rings. The Morgan fingerprint density at radius 1 is 1.56 bits per heavy atom. The minimum atomic E-state index is -3.23. The molecule has 5 nitrogen and oxygen atoms in total. The third-order valence-corrected chi connectivity index (χ3v) is 2.62. The van der Waals surface area contributed by atoms with Gasteiger partial charge in [-0.15, -0.1) is 0 Å². The van der Waals surface area contributed by atoms with Crippen molar-refractivity contribution in [3.63, 3.8) is 0 Å². The molecular formula is C11H11F2NO4. The van der Waals surface area contributed by atoms with E-state index >= 15 is 0 Å². The zero-order chi connectivity index (χ0) is 13.3. The third kappa shape index (κ3) is 2.15. The van der Waals surface area contributed by atoms with Crippen LogP contribution in [-0.4, -0.2) is 30.8 Å². The summed E-state index contributed by atoms with van der Waals surface area (Å²) < 4.78 is 36.3. The molecule has 2 rings (SSSR count). The Morgan fingerprint density at radius 2 is 2.28 bits per heavy atom. The molecule has 1 atom stereocenters. The van der Waals surface area contributed by atoms with Crippen molar-refractivity contribution in [2.45, 2.75) is 12.0 Å². The van der Waals surface area contributed by atoms with Crippen molar-refractivity contribution < 1.29 is 28.2 Å². The molecule has 0 aliphatic carbocycles. The maximum Gasteiger partial charge on any atom is 0.408 e. The first-order chi connectivity index (χ1) is 8.44. The Morgan fingerprint density at radius 3 is 2.94 bits per heavy atom. The number of hydrogen-bond acceptors (Lipinski definition) is 4. The molecule has 7 heteroatoms. The van der Waals surface area contributed by atoms with Crippen LogP contribution in [0, 0.1) is 0 Å². The highest BCUT2D eigenvalue weighted by molar-refractivity contribution is 5.69. The number of aromatic hydroxyl groups is 1. The summed E-state index contributed by atoms with van der Waals surface area (Å²) in [6.07, 6.45) is -0.905.